The Balaban J connectivity index is 2.04. The first-order valence-electron chi connectivity index (χ1n) is 6.64. The summed E-state index contributed by atoms with van der Waals surface area (Å²) in [6.45, 7) is 1.00. The Kier molecular flexibility index (Phi) is 5.10. The van der Waals surface area contributed by atoms with Crippen molar-refractivity contribution in [3.63, 3.8) is 0 Å². The Morgan fingerprint density at radius 2 is 2.29 bits per heavy atom. The summed E-state index contributed by atoms with van der Waals surface area (Å²) in [6.07, 6.45) is -1.23. The van der Waals surface area contributed by atoms with Gasteiger partial charge in [0, 0.05) is 6.54 Å². The second-order valence-corrected chi connectivity index (χ2v) is 5.42. The SMILES string of the molecule is O=c1c(Cl)c(NCC2CCCNC2)cnn1CC(F)(F)F. The van der Waals surface area contributed by atoms with Crippen LogP contribution in [0.25, 0.3) is 0 Å². The molecular formula is C12H16ClF3N4O. The Bertz CT molecular complexity index is 540. The van der Waals surface area contributed by atoms with Crippen LogP contribution in [0.5, 0.6) is 0 Å². The fourth-order valence-electron chi connectivity index (χ4n) is 2.22. The molecule has 1 unspecified atom stereocenters. The lowest BCUT2D eigenvalue weighted by atomic mass is 10.00. The van der Waals surface area contributed by atoms with Gasteiger partial charge < -0.3 is 10.6 Å². The van der Waals surface area contributed by atoms with E-state index in [9.17, 15) is 18.0 Å². The molecule has 1 saturated heterocycles. The second kappa shape index (κ2) is 6.65. The van der Waals surface area contributed by atoms with E-state index in [2.05, 4.69) is 15.7 Å². The number of aromatic nitrogens is 2. The summed E-state index contributed by atoms with van der Waals surface area (Å²) in [5, 5.41) is 9.48. The highest BCUT2D eigenvalue weighted by Crippen LogP contribution is 2.20. The van der Waals surface area contributed by atoms with Crippen LogP contribution in [0.2, 0.25) is 5.02 Å². The normalized spacial score (nSPS) is 19.5. The molecule has 1 atom stereocenters. The average molecular weight is 325 g/mol. The monoisotopic (exact) mass is 324 g/mol. The van der Waals surface area contributed by atoms with Crippen molar-refractivity contribution in [3.8, 4) is 0 Å². The van der Waals surface area contributed by atoms with Gasteiger partial charge in [-0.05, 0) is 31.8 Å². The minimum atomic E-state index is -4.51. The largest absolute Gasteiger partial charge is 0.408 e. The molecule has 1 aromatic heterocycles. The summed E-state index contributed by atoms with van der Waals surface area (Å²) in [4.78, 5) is 11.7. The van der Waals surface area contributed by atoms with Gasteiger partial charge in [0.1, 0.15) is 11.6 Å². The average Bonchev–Trinajstić information content (AvgIpc) is 2.43. The van der Waals surface area contributed by atoms with Crippen LogP contribution in [0.4, 0.5) is 18.9 Å². The zero-order valence-corrected chi connectivity index (χ0v) is 12.0. The number of hydrogen-bond donors (Lipinski definition) is 2. The number of anilines is 1. The van der Waals surface area contributed by atoms with E-state index in [0.29, 0.717) is 17.1 Å². The first kappa shape index (κ1) is 16.1. The predicted molar refractivity (Wildman–Crippen MR) is 73.6 cm³/mol. The molecule has 0 bridgehead atoms. The van der Waals surface area contributed by atoms with E-state index in [-0.39, 0.29) is 10.7 Å². The Hall–Kier alpha value is -1.28. The first-order chi connectivity index (χ1) is 9.87. The Morgan fingerprint density at radius 1 is 1.52 bits per heavy atom. The molecule has 2 N–H and O–H groups in total. The van der Waals surface area contributed by atoms with E-state index < -0.39 is 18.3 Å². The van der Waals surface area contributed by atoms with Crippen molar-refractivity contribution in [2.75, 3.05) is 25.0 Å². The van der Waals surface area contributed by atoms with Crippen LogP contribution in [0.1, 0.15) is 12.8 Å². The van der Waals surface area contributed by atoms with Gasteiger partial charge in [-0.3, -0.25) is 4.79 Å². The smallest absolute Gasteiger partial charge is 0.382 e. The van der Waals surface area contributed by atoms with Crippen LogP contribution in [-0.4, -0.2) is 35.6 Å². The van der Waals surface area contributed by atoms with E-state index in [4.69, 9.17) is 11.6 Å². The highest BCUT2D eigenvalue weighted by Gasteiger charge is 2.29. The lowest BCUT2D eigenvalue weighted by Crippen LogP contribution is -2.34. The van der Waals surface area contributed by atoms with Crippen LogP contribution < -0.4 is 16.2 Å². The molecule has 1 aromatic rings. The van der Waals surface area contributed by atoms with Crippen molar-refractivity contribution < 1.29 is 13.2 Å². The van der Waals surface area contributed by atoms with Gasteiger partial charge in [-0.1, -0.05) is 11.6 Å². The molecule has 0 saturated carbocycles. The van der Waals surface area contributed by atoms with Crippen molar-refractivity contribution in [1.29, 1.82) is 0 Å². The van der Waals surface area contributed by atoms with E-state index in [1.807, 2.05) is 0 Å². The number of halogens is 4. The van der Waals surface area contributed by atoms with E-state index in [0.717, 1.165) is 32.1 Å². The predicted octanol–water partition coefficient (Wildman–Crippen LogP) is 1.87. The number of rotatable bonds is 4. The fourth-order valence-corrected chi connectivity index (χ4v) is 2.44. The van der Waals surface area contributed by atoms with Crippen LogP contribution in [0, 0.1) is 5.92 Å². The molecule has 2 heterocycles. The summed E-state index contributed by atoms with van der Waals surface area (Å²) in [6, 6.07) is 0. The maximum atomic E-state index is 12.3. The molecular weight excluding hydrogens is 309 g/mol. The highest BCUT2D eigenvalue weighted by atomic mass is 35.5. The zero-order chi connectivity index (χ0) is 15.5. The summed E-state index contributed by atoms with van der Waals surface area (Å²) in [5.74, 6) is 0.396. The minimum absolute atomic E-state index is 0.266. The van der Waals surface area contributed by atoms with Gasteiger partial charge in [-0.15, -0.1) is 0 Å². The lowest BCUT2D eigenvalue weighted by molar-refractivity contribution is -0.143. The van der Waals surface area contributed by atoms with Gasteiger partial charge in [-0.25, -0.2) is 4.68 Å². The topological polar surface area (TPSA) is 59.0 Å². The van der Waals surface area contributed by atoms with Gasteiger partial charge in [0.2, 0.25) is 0 Å². The third-order valence-electron chi connectivity index (χ3n) is 3.29. The molecule has 0 aromatic carbocycles. The molecule has 0 aliphatic carbocycles. The maximum Gasteiger partial charge on any atom is 0.408 e. The Morgan fingerprint density at radius 3 is 2.90 bits per heavy atom. The van der Waals surface area contributed by atoms with Crippen LogP contribution in [0.15, 0.2) is 11.0 Å². The van der Waals surface area contributed by atoms with Gasteiger partial charge in [0.25, 0.3) is 5.56 Å². The molecule has 0 radical (unpaired) electrons. The van der Waals surface area contributed by atoms with Crippen LogP contribution >= 0.6 is 11.6 Å². The molecule has 5 nitrogen and oxygen atoms in total. The molecule has 0 spiro atoms. The summed E-state index contributed by atoms with van der Waals surface area (Å²) in [7, 11) is 0. The molecule has 1 aliphatic rings. The standard InChI is InChI=1S/C12H16ClF3N4O/c13-10-9(18-5-8-2-1-3-17-4-8)6-19-20(11(10)21)7-12(14,15)16/h6,8,17-18H,1-5,7H2. The summed E-state index contributed by atoms with van der Waals surface area (Å²) < 4.78 is 37.2. The van der Waals surface area contributed by atoms with Crippen LogP contribution in [-0.2, 0) is 6.54 Å². The van der Waals surface area contributed by atoms with Crippen molar-refractivity contribution in [2.24, 2.45) is 5.92 Å². The van der Waals surface area contributed by atoms with Gasteiger partial charge in [0.15, 0.2) is 0 Å². The number of nitrogens with zero attached hydrogens (tertiary/aromatic N) is 2. The lowest BCUT2D eigenvalue weighted by Gasteiger charge is -2.23. The van der Waals surface area contributed by atoms with E-state index in [1.54, 1.807) is 0 Å². The number of hydrogen-bond acceptors (Lipinski definition) is 4. The molecule has 9 heteroatoms. The van der Waals surface area contributed by atoms with E-state index in [1.165, 1.54) is 0 Å². The number of alkyl halides is 3. The Labute approximate surface area is 124 Å². The van der Waals surface area contributed by atoms with Crippen LogP contribution in [0.3, 0.4) is 0 Å². The molecule has 1 fully saturated rings. The van der Waals surface area contributed by atoms with E-state index >= 15 is 0 Å². The molecule has 2 rings (SSSR count). The van der Waals surface area contributed by atoms with Crippen molar-refractivity contribution in [2.45, 2.75) is 25.6 Å². The van der Waals surface area contributed by atoms with Crippen molar-refractivity contribution in [1.82, 2.24) is 15.1 Å². The summed E-state index contributed by atoms with van der Waals surface area (Å²) in [5.41, 5.74) is -0.675. The van der Waals surface area contributed by atoms with Gasteiger partial charge >= 0.3 is 6.18 Å². The van der Waals surface area contributed by atoms with Gasteiger partial charge in [0.05, 0.1) is 11.9 Å². The number of nitrogens with one attached hydrogen (secondary N) is 2. The first-order valence-corrected chi connectivity index (χ1v) is 7.01. The third-order valence-corrected chi connectivity index (χ3v) is 3.66. The maximum absolute atomic E-state index is 12.3. The minimum Gasteiger partial charge on any atom is -0.382 e. The molecule has 118 valence electrons. The molecule has 1 aliphatic heterocycles. The quantitative estimate of drug-likeness (QED) is 0.888. The molecule has 0 amide bonds. The van der Waals surface area contributed by atoms with Crippen molar-refractivity contribution >= 4 is 17.3 Å². The number of piperidine rings is 1. The van der Waals surface area contributed by atoms with Gasteiger partial charge in [-0.2, -0.15) is 18.3 Å². The third kappa shape index (κ3) is 4.60. The second-order valence-electron chi connectivity index (χ2n) is 5.04. The summed E-state index contributed by atoms with van der Waals surface area (Å²) >= 11 is 5.83. The zero-order valence-electron chi connectivity index (χ0n) is 11.2. The van der Waals surface area contributed by atoms with Crippen molar-refractivity contribution in [3.05, 3.63) is 21.6 Å². The highest BCUT2D eigenvalue weighted by molar-refractivity contribution is 6.32. The molecule has 21 heavy (non-hydrogen) atoms. The fraction of sp³-hybridized carbons (Fsp3) is 0.667.